The lowest BCUT2D eigenvalue weighted by molar-refractivity contribution is -0.156. The molecule has 0 saturated carbocycles. The molecule has 1 aromatic rings. The van der Waals surface area contributed by atoms with Crippen molar-refractivity contribution in [2.75, 3.05) is 0 Å². The molecule has 0 aliphatic carbocycles. The van der Waals surface area contributed by atoms with Crippen LogP contribution in [0.2, 0.25) is 0 Å². The second-order valence-electron chi connectivity index (χ2n) is 5.90. The van der Waals surface area contributed by atoms with E-state index in [0.717, 1.165) is 12.0 Å². The molecule has 1 fully saturated rings. The van der Waals surface area contributed by atoms with Gasteiger partial charge in [0.25, 0.3) is 0 Å². The molecule has 4 nitrogen and oxygen atoms in total. The first-order valence-corrected chi connectivity index (χ1v) is 7.08. The van der Waals surface area contributed by atoms with Gasteiger partial charge in [-0.05, 0) is 32.8 Å². The second-order valence-corrected chi connectivity index (χ2v) is 5.90. The lowest BCUT2D eigenvalue weighted by Crippen LogP contribution is -2.66. The Hall–Kier alpha value is -1.84. The molecule has 2 unspecified atom stereocenters. The van der Waals surface area contributed by atoms with Crippen LogP contribution in [-0.2, 0) is 9.59 Å². The summed E-state index contributed by atoms with van der Waals surface area (Å²) >= 11 is 0. The van der Waals surface area contributed by atoms with Crippen molar-refractivity contribution in [2.24, 2.45) is 0 Å². The minimum atomic E-state index is -0.841. The Bertz CT molecular complexity index is 510. The molecule has 0 radical (unpaired) electrons. The van der Waals surface area contributed by atoms with Crippen molar-refractivity contribution in [3.05, 3.63) is 35.9 Å². The Morgan fingerprint density at radius 1 is 1.25 bits per heavy atom. The summed E-state index contributed by atoms with van der Waals surface area (Å²) in [4.78, 5) is 26.9. The maximum absolute atomic E-state index is 12.7. The minimum absolute atomic E-state index is 0.0260. The quantitative estimate of drug-likeness (QED) is 0.919. The molecule has 0 bridgehead atoms. The van der Waals surface area contributed by atoms with Crippen molar-refractivity contribution in [3.8, 4) is 0 Å². The number of rotatable bonds is 3. The third kappa shape index (κ3) is 2.42. The molecule has 1 aliphatic rings. The molecule has 2 rings (SSSR count). The number of benzene rings is 1. The zero-order chi connectivity index (χ0) is 14.9. The van der Waals surface area contributed by atoms with E-state index in [0.29, 0.717) is 0 Å². The maximum Gasteiger partial charge on any atom is 0.248 e. The molecular formula is C16H22N2O2. The summed E-state index contributed by atoms with van der Waals surface area (Å²) in [5.74, 6) is -0.138. The summed E-state index contributed by atoms with van der Waals surface area (Å²) in [6.45, 7) is 7.52. The van der Waals surface area contributed by atoms with E-state index in [-0.39, 0.29) is 17.9 Å². The summed E-state index contributed by atoms with van der Waals surface area (Å²) in [7, 11) is 0. The highest BCUT2D eigenvalue weighted by molar-refractivity contribution is 5.99. The van der Waals surface area contributed by atoms with Crippen LogP contribution in [0.5, 0.6) is 0 Å². The third-order valence-electron chi connectivity index (χ3n) is 3.91. The molecule has 1 N–H and O–H groups in total. The molecular weight excluding hydrogens is 252 g/mol. The number of hydrogen-bond donors (Lipinski definition) is 1. The van der Waals surface area contributed by atoms with Gasteiger partial charge in [0.05, 0.1) is 0 Å². The largest absolute Gasteiger partial charge is 0.340 e. The number of nitrogens with one attached hydrogen (secondary N) is 1. The topological polar surface area (TPSA) is 49.4 Å². The first-order chi connectivity index (χ1) is 9.38. The van der Waals surface area contributed by atoms with E-state index in [1.807, 2.05) is 44.2 Å². The first-order valence-electron chi connectivity index (χ1n) is 7.08. The molecule has 0 spiro atoms. The number of carbonyl (C=O) groups excluding carboxylic acids is 2. The third-order valence-corrected chi connectivity index (χ3v) is 3.91. The highest BCUT2D eigenvalue weighted by Gasteiger charge is 2.47. The van der Waals surface area contributed by atoms with Gasteiger partial charge in [0.15, 0.2) is 0 Å². The van der Waals surface area contributed by atoms with Crippen molar-refractivity contribution in [1.29, 1.82) is 0 Å². The average molecular weight is 274 g/mol. The van der Waals surface area contributed by atoms with E-state index in [1.165, 1.54) is 0 Å². The summed E-state index contributed by atoms with van der Waals surface area (Å²) in [5.41, 5.74) is 0.0142. The van der Waals surface area contributed by atoms with Crippen LogP contribution in [0.15, 0.2) is 30.3 Å². The summed E-state index contributed by atoms with van der Waals surface area (Å²) in [5, 5.41) is 2.83. The lowest BCUT2D eigenvalue weighted by atomic mass is 9.91. The van der Waals surface area contributed by atoms with Crippen molar-refractivity contribution in [3.63, 3.8) is 0 Å². The molecule has 20 heavy (non-hydrogen) atoms. The van der Waals surface area contributed by atoms with E-state index in [4.69, 9.17) is 0 Å². The minimum Gasteiger partial charge on any atom is -0.340 e. The fraction of sp³-hybridized carbons (Fsp3) is 0.500. The number of hydrogen-bond acceptors (Lipinski definition) is 2. The van der Waals surface area contributed by atoms with Gasteiger partial charge in [-0.1, -0.05) is 37.3 Å². The van der Waals surface area contributed by atoms with Crippen LogP contribution in [0.3, 0.4) is 0 Å². The van der Waals surface area contributed by atoms with Crippen LogP contribution >= 0.6 is 0 Å². The molecule has 108 valence electrons. The standard InChI is InChI=1S/C16H22N2O2/c1-5-11(2)18-13(12-9-7-6-8-10-12)14(19)17-16(3,4)15(18)20/h6-11,13H,5H2,1-4H3,(H,17,19). The van der Waals surface area contributed by atoms with Crippen molar-refractivity contribution < 1.29 is 9.59 Å². The molecule has 1 heterocycles. The molecule has 1 aromatic carbocycles. The van der Waals surface area contributed by atoms with Gasteiger partial charge in [0.1, 0.15) is 11.6 Å². The maximum atomic E-state index is 12.7. The smallest absolute Gasteiger partial charge is 0.248 e. The highest BCUT2D eigenvalue weighted by atomic mass is 16.2. The number of amides is 2. The fourth-order valence-electron chi connectivity index (χ4n) is 2.59. The molecule has 2 amide bonds. The highest BCUT2D eigenvalue weighted by Crippen LogP contribution is 2.31. The van der Waals surface area contributed by atoms with Crippen LogP contribution in [0.1, 0.15) is 45.7 Å². The van der Waals surface area contributed by atoms with E-state index in [2.05, 4.69) is 5.32 Å². The van der Waals surface area contributed by atoms with E-state index < -0.39 is 11.6 Å². The fourth-order valence-corrected chi connectivity index (χ4v) is 2.59. The molecule has 1 aliphatic heterocycles. The normalized spacial score (nSPS) is 23.4. The van der Waals surface area contributed by atoms with Crippen molar-refractivity contribution in [1.82, 2.24) is 10.2 Å². The van der Waals surface area contributed by atoms with Crippen molar-refractivity contribution in [2.45, 2.75) is 51.7 Å². The van der Waals surface area contributed by atoms with Crippen LogP contribution in [0.4, 0.5) is 0 Å². The Balaban J connectivity index is 2.47. The monoisotopic (exact) mass is 274 g/mol. The van der Waals surface area contributed by atoms with Gasteiger partial charge >= 0.3 is 0 Å². The van der Waals surface area contributed by atoms with Gasteiger partial charge in [-0.2, -0.15) is 0 Å². The van der Waals surface area contributed by atoms with E-state index >= 15 is 0 Å². The number of nitrogens with zero attached hydrogens (tertiary/aromatic N) is 1. The van der Waals surface area contributed by atoms with Crippen molar-refractivity contribution >= 4 is 11.8 Å². The van der Waals surface area contributed by atoms with Gasteiger partial charge in [0.2, 0.25) is 11.8 Å². The average Bonchev–Trinajstić information content (AvgIpc) is 2.42. The van der Waals surface area contributed by atoms with Crippen LogP contribution in [0, 0.1) is 0 Å². The summed E-state index contributed by atoms with van der Waals surface area (Å²) in [6, 6.07) is 8.97. The predicted octanol–water partition coefficient (Wildman–Crippen LogP) is 2.26. The van der Waals surface area contributed by atoms with E-state index in [1.54, 1.807) is 18.7 Å². The van der Waals surface area contributed by atoms with Gasteiger partial charge in [-0.25, -0.2) is 0 Å². The predicted molar refractivity (Wildman–Crippen MR) is 78.0 cm³/mol. The Labute approximate surface area is 120 Å². The van der Waals surface area contributed by atoms with Crippen LogP contribution < -0.4 is 5.32 Å². The van der Waals surface area contributed by atoms with Crippen LogP contribution in [0.25, 0.3) is 0 Å². The van der Waals surface area contributed by atoms with Crippen LogP contribution in [-0.4, -0.2) is 28.3 Å². The SMILES string of the molecule is CCC(C)N1C(=O)C(C)(C)NC(=O)C1c1ccccc1. The summed E-state index contributed by atoms with van der Waals surface area (Å²) in [6.07, 6.45) is 0.818. The lowest BCUT2D eigenvalue weighted by Gasteiger charge is -2.45. The zero-order valence-electron chi connectivity index (χ0n) is 12.5. The van der Waals surface area contributed by atoms with Gasteiger partial charge in [-0.3, -0.25) is 9.59 Å². The first kappa shape index (κ1) is 14.6. The molecule has 2 atom stereocenters. The zero-order valence-corrected chi connectivity index (χ0v) is 12.5. The Morgan fingerprint density at radius 2 is 1.85 bits per heavy atom. The molecule has 0 aromatic heterocycles. The van der Waals surface area contributed by atoms with Gasteiger partial charge in [-0.15, -0.1) is 0 Å². The molecule has 4 heteroatoms. The van der Waals surface area contributed by atoms with E-state index in [9.17, 15) is 9.59 Å². The van der Waals surface area contributed by atoms with Gasteiger partial charge in [0, 0.05) is 6.04 Å². The summed E-state index contributed by atoms with van der Waals surface area (Å²) < 4.78 is 0. The second kappa shape index (κ2) is 5.27. The molecule has 1 saturated heterocycles. The Morgan fingerprint density at radius 3 is 2.40 bits per heavy atom. The van der Waals surface area contributed by atoms with Gasteiger partial charge < -0.3 is 10.2 Å². The Kier molecular flexibility index (Phi) is 3.84. The number of piperazine rings is 1. The number of carbonyl (C=O) groups is 2.